The number of aryl methyl sites for hydroxylation is 1. The lowest BCUT2D eigenvalue weighted by atomic mass is 10.1. The van der Waals surface area contributed by atoms with Gasteiger partial charge in [-0.15, -0.1) is 0 Å². The highest BCUT2D eigenvalue weighted by atomic mass is 16.3. The van der Waals surface area contributed by atoms with Gasteiger partial charge in [-0.1, -0.05) is 25.5 Å². The molecule has 0 aromatic heterocycles. The first-order chi connectivity index (χ1) is 5.74. The third kappa shape index (κ3) is 2.26. The van der Waals surface area contributed by atoms with Crippen LogP contribution >= 0.6 is 0 Å². The molecule has 0 aliphatic heterocycles. The molecule has 1 rings (SSSR count). The second-order valence-corrected chi connectivity index (χ2v) is 3.07. The van der Waals surface area contributed by atoms with E-state index in [0.717, 1.165) is 6.42 Å². The zero-order valence-electron chi connectivity index (χ0n) is 7.51. The smallest absolute Gasteiger partial charge is 0.119 e. The molecule has 0 fully saturated rings. The second-order valence-electron chi connectivity index (χ2n) is 3.07. The Balaban J connectivity index is 2.69. The zero-order valence-corrected chi connectivity index (χ0v) is 7.51. The van der Waals surface area contributed by atoms with Crippen LogP contribution in [-0.2, 0) is 6.42 Å². The maximum atomic E-state index is 9.34. The van der Waals surface area contributed by atoms with Crippen LogP contribution in [0.2, 0.25) is 0 Å². The fourth-order valence-electron chi connectivity index (χ4n) is 1.15. The molecule has 0 amide bonds. The van der Waals surface area contributed by atoms with Crippen LogP contribution in [0.15, 0.2) is 18.2 Å². The van der Waals surface area contributed by atoms with Gasteiger partial charge in [0.05, 0.1) is 0 Å². The van der Waals surface area contributed by atoms with E-state index in [1.165, 1.54) is 18.4 Å². The molecule has 0 unspecified atom stereocenters. The summed E-state index contributed by atoms with van der Waals surface area (Å²) in [5.74, 6) is 0.309. The summed E-state index contributed by atoms with van der Waals surface area (Å²) >= 11 is 0. The van der Waals surface area contributed by atoms with E-state index in [9.17, 15) is 5.11 Å². The van der Waals surface area contributed by atoms with Crippen molar-refractivity contribution in [3.63, 3.8) is 0 Å². The van der Waals surface area contributed by atoms with Crippen molar-refractivity contribution in [3.8, 4) is 5.75 Å². The first-order valence-corrected chi connectivity index (χ1v) is 4.38. The largest absolute Gasteiger partial charge is 0.508 e. The molecule has 0 aliphatic carbocycles. The Hall–Kier alpha value is -0.980. The maximum absolute atomic E-state index is 9.34. The lowest BCUT2D eigenvalue weighted by Crippen LogP contribution is -1.85. The molecule has 1 aromatic rings. The number of unbranched alkanes of at least 4 members (excludes halogenated alkanes) is 1. The van der Waals surface area contributed by atoms with Gasteiger partial charge in [-0.3, -0.25) is 0 Å². The number of hydrogen-bond acceptors (Lipinski definition) is 1. The SMILES string of the molecule is [CH2]c1ccc(CCCC)cc1O. The van der Waals surface area contributed by atoms with Crippen molar-refractivity contribution in [2.24, 2.45) is 0 Å². The van der Waals surface area contributed by atoms with Crippen molar-refractivity contribution >= 4 is 0 Å². The monoisotopic (exact) mass is 163 g/mol. The highest BCUT2D eigenvalue weighted by Gasteiger charge is 1.97. The summed E-state index contributed by atoms with van der Waals surface area (Å²) < 4.78 is 0. The summed E-state index contributed by atoms with van der Waals surface area (Å²) in [7, 11) is 0. The average molecular weight is 163 g/mol. The number of benzene rings is 1. The number of hydrogen-bond donors (Lipinski definition) is 1. The Bertz CT molecular complexity index is 253. The van der Waals surface area contributed by atoms with Gasteiger partial charge in [0, 0.05) is 0 Å². The molecular weight excluding hydrogens is 148 g/mol. The third-order valence-corrected chi connectivity index (χ3v) is 1.97. The fraction of sp³-hybridized carbons (Fsp3) is 0.364. The molecule has 1 nitrogen and oxygen atoms in total. The fourth-order valence-corrected chi connectivity index (χ4v) is 1.15. The molecule has 1 heteroatoms. The summed E-state index contributed by atoms with van der Waals surface area (Å²) in [6.45, 7) is 5.85. The standard InChI is InChI=1S/C11H15O/c1-3-4-5-10-7-6-9(2)11(12)8-10/h6-8,12H,2-5H2,1H3. The first-order valence-electron chi connectivity index (χ1n) is 4.38. The van der Waals surface area contributed by atoms with Gasteiger partial charge < -0.3 is 5.11 Å². The van der Waals surface area contributed by atoms with Crippen LogP contribution in [0.4, 0.5) is 0 Å². The van der Waals surface area contributed by atoms with Gasteiger partial charge in [0.1, 0.15) is 5.75 Å². The number of rotatable bonds is 3. The van der Waals surface area contributed by atoms with Gasteiger partial charge >= 0.3 is 0 Å². The van der Waals surface area contributed by atoms with Crippen LogP contribution in [0.3, 0.4) is 0 Å². The maximum Gasteiger partial charge on any atom is 0.119 e. The molecule has 0 saturated carbocycles. The average Bonchev–Trinajstić information content (AvgIpc) is 2.07. The van der Waals surface area contributed by atoms with Crippen LogP contribution in [0.25, 0.3) is 0 Å². The topological polar surface area (TPSA) is 20.2 Å². The Morgan fingerprint density at radius 2 is 2.17 bits per heavy atom. The van der Waals surface area contributed by atoms with E-state index in [-0.39, 0.29) is 0 Å². The lowest BCUT2D eigenvalue weighted by Gasteiger charge is -2.02. The Morgan fingerprint density at radius 1 is 1.42 bits per heavy atom. The number of phenols is 1. The van der Waals surface area contributed by atoms with Crippen molar-refractivity contribution < 1.29 is 5.11 Å². The van der Waals surface area contributed by atoms with Crippen LogP contribution < -0.4 is 0 Å². The van der Waals surface area contributed by atoms with Crippen molar-refractivity contribution in [1.29, 1.82) is 0 Å². The molecule has 1 N–H and O–H groups in total. The summed E-state index contributed by atoms with van der Waals surface area (Å²) in [5, 5.41) is 9.34. The molecule has 0 atom stereocenters. The van der Waals surface area contributed by atoms with Gasteiger partial charge in [-0.2, -0.15) is 0 Å². The van der Waals surface area contributed by atoms with Gasteiger partial charge in [-0.05, 0) is 37.0 Å². The van der Waals surface area contributed by atoms with Crippen molar-refractivity contribution in [2.45, 2.75) is 26.2 Å². The van der Waals surface area contributed by atoms with E-state index in [1.54, 1.807) is 6.07 Å². The van der Waals surface area contributed by atoms with Crippen molar-refractivity contribution in [1.82, 2.24) is 0 Å². The highest BCUT2D eigenvalue weighted by molar-refractivity contribution is 5.38. The van der Waals surface area contributed by atoms with Crippen LogP contribution in [-0.4, -0.2) is 5.11 Å². The molecule has 0 bridgehead atoms. The van der Waals surface area contributed by atoms with Crippen LogP contribution in [0, 0.1) is 6.92 Å². The van der Waals surface area contributed by atoms with Gasteiger partial charge in [-0.25, -0.2) is 0 Å². The zero-order chi connectivity index (χ0) is 8.97. The molecule has 12 heavy (non-hydrogen) atoms. The van der Waals surface area contributed by atoms with Crippen LogP contribution in [0.5, 0.6) is 5.75 Å². The molecule has 65 valence electrons. The Kier molecular flexibility index (Phi) is 3.15. The molecule has 1 aromatic carbocycles. The van der Waals surface area contributed by atoms with Crippen LogP contribution in [0.1, 0.15) is 30.9 Å². The predicted molar refractivity (Wildman–Crippen MR) is 51.2 cm³/mol. The molecule has 0 heterocycles. The Morgan fingerprint density at radius 3 is 2.75 bits per heavy atom. The molecular formula is C11H15O. The van der Waals surface area contributed by atoms with Crippen molar-refractivity contribution in [3.05, 3.63) is 36.2 Å². The minimum atomic E-state index is 0.309. The van der Waals surface area contributed by atoms with E-state index < -0.39 is 0 Å². The predicted octanol–water partition coefficient (Wildman–Crippen LogP) is 2.92. The second kappa shape index (κ2) is 4.15. The van der Waals surface area contributed by atoms with E-state index in [4.69, 9.17) is 0 Å². The Labute approximate surface area is 74.1 Å². The normalized spacial score (nSPS) is 10.2. The summed E-state index contributed by atoms with van der Waals surface area (Å²) in [4.78, 5) is 0. The number of phenolic OH excluding ortho intramolecular Hbond substituents is 1. The molecule has 0 saturated heterocycles. The van der Waals surface area contributed by atoms with Gasteiger partial charge in [0.25, 0.3) is 0 Å². The summed E-state index contributed by atoms with van der Waals surface area (Å²) in [5.41, 5.74) is 1.90. The third-order valence-electron chi connectivity index (χ3n) is 1.97. The van der Waals surface area contributed by atoms with Gasteiger partial charge in [0.15, 0.2) is 0 Å². The minimum absolute atomic E-state index is 0.309. The molecule has 1 radical (unpaired) electrons. The minimum Gasteiger partial charge on any atom is -0.508 e. The molecule has 0 spiro atoms. The quantitative estimate of drug-likeness (QED) is 0.726. The summed E-state index contributed by atoms with van der Waals surface area (Å²) in [6, 6.07) is 5.69. The summed E-state index contributed by atoms with van der Waals surface area (Å²) in [6.07, 6.45) is 3.41. The lowest BCUT2D eigenvalue weighted by molar-refractivity contribution is 0.472. The van der Waals surface area contributed by atoms with E-state index >= 15 is 0 Å². The van der Waals surface area contributed by atoms with E-state index in [2.05, 4.69) is 13.8 Å². The first kappa shape index (κ1) is 9.11. The van der Waals surface area contributed by atoms with E-state index in [0.29, 0.717) is 11.3 Å². The molecule has 0 aliphatic rings. The van der Waals surface area contributed by atoms with E-state index in [1.807, 2.05) is 12.1 Å². The number of aromatic hydroxyl groups is 1. The van der Waals surface area contributed by atoms with Crippen molar-refractivity contribution in [2.75, 3.05) is 0 Å². The highest BCUT2D eigenvalue weighted by Crippen LogP contribution is 2.18. The van der Waals surface area contributed by atoms with Gasteiger partial charge in [0.2, 0.25) is 0 Å².